The van der Waals surface area contributed by atoms with Gasteiger partial charge in [0.15, 0.2) is 0 Å². The van der Waals surface area contributed by atoms with Crippen LogP contribution in [0.1, 0.15) is 26.7 Å². The molecule has 1 rings (SSSR count). The number of nitrogens with one attached hydrogen (secondary N) is 1. The average molecular weight is 317 g/mol. The van der Waals surface area contributed by atoms with Gasteiger partial charge in [-0.2, -0.15) is 0 Å². The molecule has 0 heterocycles. The lowest BCUT2D eigenvalue weighted by molar-refractivity contribution is -0.148. The quantitative estimate of drug-likeness (QED) is 0.589. The van der Waals surface area contributed by atoms with Gasteiger partial charge in [-0.25, -0.2) is 8.78 Å². The fourth-order valence-corrected chi connectivity index (χ4v) is 2.97. The lowest BCUT2D eigenvalue weighted by Gasteiger charge is -2.27. The zero-order valence-corrected chi connectivity index (χ0v) is 13.4. The molecule has 0 aliphatic rings. The summed E-state index contributed by atoms with van der Waals surface area (Å²) < 4.78 is 31.4. The standard InChI is InChI=1S/C15H21F2NO2S/c1-4-8-18-15(2,14(19)20-3)7-9-21-13-10-11(16)5-6-12(13)17/h5-6,10,18H,4,7-9H2,1-3H3. The second-order valence-corrected chi connectivity index (χ2v) is 6.06. The third-order valence-corrected chi connectivity index (χ3v) is 4.19. The minimum atomic E-state index is -0.818. The Morgan fingerprint density at radius 1 is 1.43 bits per heavy atom. The first-order valence-electron chi connectivity index (χ1n) is 6.84. The Hall–Kier alpha value is -1.14. The molecule has 0 amide bonds. The molecule has 0 aliphatic carbocycles. The van der Waals surface area contributed by atoms with E-state index < -0.39 is 17.2 Å². The van der Waals surface area contributed by atoms with Crippen molar-refractivity contribution in [2.75, 3.05) is 19.4 Å². The molecule has 1 unspecified atom stereocenters. The highest BCUT2D eigenvalue weighted by molar-refractivity contribution is 7.99. The molecule has 1 aromatic carbocycles. The van der Waals surface area contributed by atoms with Crippen LogP contribution in [0.25, 0.3) is 0 Å². The second-order valence-electron chi connectivity index (χ2n) is 4.92. The van der Waals surface area contributed by atoms with E-state index in [0.717, 1.165) is 24.6 Å². The number of halogens is 2. The summed E-state index contributed by atoms with van der Waals surface area (Å²) in [5.41, 5.74) is -0.818. The van der Waals surface area contributed by atoms with E-state index in [9.17, 15) is 13.6 Å². The first-order valence-corrected chi connectivity index (χ1v) is 7.83. The van der Waals surface area contributed by atoms with Gasteiger partial charge in [0.25, 0.3) is 0 Å². The van der Waals surface area contributed by atoms with Crippen molar-refractivity contribution in [1.82, 2.24) is 5.32 Å². The van der Waals surface area contributed by atoms with E-state index in [1.807, 2.05) is 6.92 Å². The Labute approximate surface area is 128 Å². The van der Waals surface area contributed by atoms with Crippen molar-refractivity contribution in [3.8, 4) is 0 Å². The van der Waals surface area contributed by atoms with Gasteiger partial charge in [0.05, 0.1) is 7.11 Å². The van der Waals surface area contributed by atoms with Gasteiger partial charge in [-0.15, -0.1) is 11.8 Å². The molecule has 0 spiro atoms. The number of esters is 1. The first-order chi connectivity index (χ1) is 9.92. The van der Waals surface area contributed by atoms with Crippen LogP contribution < -0.4 is 5.32 Å². The SMILES string of the molecule is CCCNC(C)(CCSc1cc(F)ccc1F)C(=O)OC. The molecule has 1 aromatic rings. The van der Waals surface area contributed by atoms with Crippen molar-refractivity contribution < 1.29 is 18.3 Å². The molecule has 118 valence electrons. The highest BCUT2D eigenvalue weighted by atomic mass is 32.2. The summed E-state index contributed by atoms with van der Waals surface area (Å²) in [6.07, 6.45) is 1.35. The highest BCUT2D eigenvalue weighted by Crippen LogP contribution is 2.26. The topological polar surface area (TPSA) is 38.3 Å². The van der Waals surface area contributed by atoms with E-state index in [-0.39, 0.29) is 10.9 Å². The van der Waals surface area contributed by atoms with Crippen LogP contribution in [0, 0.1) is 11.6 Å². The Kier molecular flexibility index (Phi) is 7.11. The van der Waals surface area contributed by atoms with Crippen LogP contribution in [0.15, 0.2) is 23.1 Å². The fraction of sp³-hybridized carbons (Fsp3) is 0.533. The maximum atomic E-state index is 13.5. The monoisotopic (exact) mass is 317 g/mol. The average Bonchev–Trinajstić information content (AvgIpc) is 2.47. The third kappa shape index (κ3) is 5.28. The van der Waals surface area contributed by atoms with E-state index in [0.29, 0.717) is 18.7 Å². The molecule has 0 aliphatic heterocycles. The van der Waals surface area contributed by atoms with Crippen LogP contribution >= 0.6 is 11.8 Å². The summed E-state index contributed by atoms with van der Waals surface area (Å²) in [6.45, 7) is 4.45. The summed E-state index contributed by atoms with van der Waals surface area (Å²) >= 11 is 1.19. The van der Waals surface area contributed by atoms with Crippen LogP contribution in [-0.2, 0) is 9.53 Å². The Balaban J connectivity index is 2.64. The van der Waals surface area contributed by atoms with Crippen molar-refractivity contribution in [3.05, 3.63) is 29.8 Å². The van der Waals surface area contributed by atoms with Crippen molar-refractivity contribution in [2.24, 2.45) is 0 Å². The molecule has 0 saturated carbocycles. The molecule has 0 bridgehead atoms. The lowest BCUT2D eigenvalue weighted by Crippen LogP contribution is -2.50. The zero-order chi connectivity index (χ0) is 15.9. The predicted molar refractivity (Wildman–Crippen MR) is 80.4 cm³/mol. The van der Waals surface area contributed by atoms with Crippen LogP contribution in [0.3, 0.4) is 0 Å². The van der Waals surface area contributed by atoms with E-state index in [4.69, 9.17) is 4.74 Å². The molecule has 1 atom stereocenters. The minimum absolute atomic E-state index is 0.248. The molecular formula is C15H21F2NO2S. The van der Waals surface area contributed by atoms with Crippen molar-refractivity contribution in [1.29, 1.82) is 0 Å². The highest BCUT2D eigenvalue weighted by Gasteiger charge is 2.33. The van der Waals surface area contributed by atoms with Gasteiger partial charge >= 0.3 is 5.97 Å². The molecule has 3 nitrogen and oxygen atoms in total. The molecule has 6 heteroatoms. The maximum absolute atomic E-state index is 13.5. The molecule has 21 heavy (non-hydrogen) atoms. The molecule has 0 radical (unpaired) electrons. The molecule has 0 fully saturated rings. The lowest BCUT2D eigenvalue weighted by atomic mass is 9.99. The third-order valence-electron chi connectivity index (χ3n) is 3.15. The Morgan fingerprint density at radius 2 is 2.14 bits per heavy atom. The Morgan fingerprint density at radius 3 is 2.76 bits per heavy atom. The maximum Gasteiger partial charge on any atom is 0.325 e. The molecule has 0 saturated heterocycles. The van der Waals surface area contributed by atoms with E-state index >= 15 is 0 Å². The largest absolute Gasteiger partial charge is 0.468 e. The fourth-order valence-electron chi connectivity index (χ4n) is 1.84. The number of benzene rings is 1. The van der Waals surface area contributed by atoms with Crippen molar-refractivity contribution in [2.45, 2.75) is 37.1 Å². The smallest absolute Gasteiger partial charge is 0.325 e. The van der Waals surface area contributed by atoms with Gasteiger partial charge < -0.3 is 10.1 Å². The summed E-state index contributed by atoms with van der Waals surface area (Å²) in [6, 6.07) is 3.35. The van der Waals surface area contributed by atoms with E-state index in [1.165, 1.54) is 18.9 Å². The van der Waals surface area contributed by atoms with Crippen LogP contribution in [0.2, 0.25) is 0 Å². The summed E-state index contributed by atoms with van der Waals surface area (Å²) in [5.74, 6) is -0.805. The van der Waals surface area contributed by atoms with E-state index in [2.05, 4.69) is 5.32 Å². The number of ether oxygens (including phenoxy) is 1. The van der Waals surface area contributed by atoms with Gasteiger partial charge in [-0.05, 0) is 44.5 Å². The van der Waals surface area contributed by atoms with Crippen LogP contribution in [0.4, 0.5) is 8.78 Å². The summed E-state index contributed by atoms with van der Waals surface area (Å²) in [4.78, 5) is 12.1. The van der Waals surface area contributed by atoms with Gasteiger partial charge in [-0.3, -0.25) is 4.79 Å². The minimum Gasteiger partial charge on any atom is -0.468 e. The molecular weight excluding hydrogens is 296 g/mol. The number of thioether (sulfide) groups is 1. The Bertz CT molecular complexity index is 485. The van der Waals surface area contributed by atoms with Gasteiger partial charge in [0.2, 0.25) is 0 Å². The predicted octanol–water partition coefficient (Wildman–Crippen LogP) is 3.38. The number of methoxy groups -OCH3 is 1. The first kappa shape index (κ1) is 17.9. The number of carbonyl (C=O) groups excluding carboxylic acids is 1. The molecule has 0 aromatic heterocycles. The van der Waals surface area contributed by atoms with Crippen molar-refractivity contribution >= 4 is 17.7 Å². The van der Waals surface area contributed by atoms with Crippen molar-refractivity contribution in [3.63, 3.8) is 0 Å². The van der Waals surface area contributed by atoms with Gasteiger partial charge in [0, 0.05) is 10.6 Å². The van der Waals surface area contributed by atoms with Gasteiger partial charge in [-0.1, -0.05) is 6.92 Å². The molecule has 1 N–H and O–H groups in total. The zero-order valence-electron chi connectivity index (χ0n) is 12.5. The number of hydrogen-bond acceptors (Lipinski definition) is 4. The van der Waals surface area contributed by atoms with Gasteiger partial charge in [0.1, 0.15) is 17.2 Å². The second kappa shape index (κ2) is 8.34. The number of hydrogen-bond donors (Lipinski definition) is 1. The summed E-state index contributed by atoms with van der Waals surface area (Å²) in [5, 5.41) is 3.15. The number of carbonyl (C=O) groups is 1. The number of rotatable bonds is 8. The van der Waals surface area contributed by atoms with Crippen LogP contribution in [-0.4, -0.2) is 30.9 Å². The van der Waals surface area contributed by atoms with E-state index in [1.54, 1.807) is 6.92 Å². The normalized spacial score (nSPS) is 13.8. The van der Waals surface area contributed by atoms with Crippen LogP contribution in [0.5, 0.6) is 0 Å². The summed E-state index contributed by atoms with van der Waals surface area (Å²) in [7, 11) is 1.34.